The van der Waals surface area contributed by atoms with Crippen LogP contribution < -0.4 is 16.0 Å². The van der Waals surface area contributed by atoms with Crippen molar-refractivity contribution in [1.82, 2.24) is 34.9 Å². The highest BCUT2D eigenvalue weighted by molar-refractivity contribution is 5.78. The highest BCUT2D eigenvalue weighted by Gasteiger charge is 2.24. The maximum absolute atomic E-state index is 13.3. The molecule has 6 rings (SSSR count). The first-order valence-corrected chi connectivity index (χ1v) is 15.6. The van der Waals surface area contributed by atoms with Crippen molar-refractivity contribution < 1.29 is 4.79 Å². The minimum Gasteiger partial charge on any atom is -0.371 e. The van der Waals surface area contributed by atoms with Gasteiger partial charge in [0, 0.05) is 62.4 Å². The number of hydrogen-bond donors (Lipinski definition) is 3. The number of hydrogen-bond acceptors (Lipinski definition) is 9. The Morgan fingerprint density at radius 3 is 2.14 bits per heavy atom. The van der Waals surface area contributed by atoms with Crippen molar-refractivity contribution in [3.8, 4) is 0 Å². The Balaban J connectivity index is 1.36. The van der Waals surface area contributed by atoms with Gasteiger partial charge >= 0.3 is 0 Å². The number of anilines is 4. The zero-order chi connectivity index (χ0) is 30.9. The van der Waals surface area contributed by atoms with Crippen LogP contribution in [-0.4, -0.2) is 102 Å². The van der Waals surface area contributed by atoms with E-state index in [1.54, 1.807) is 6.33 Å². The molecule has 0 radical (unpaired) electrons. The van der Waals surface area contributed by atoms with E-state index in [-0.39, 0.29) is 11.9 Å². The molecule has 234 valence electrons. The average molecular weight is 598 g/mol. The molecular weight excluding hydrogens is 550 g/mol. The van der Waals surface area contributed by atoms with Crippen LogP contribution >= 0.6 is 0 Å². The first kappa shape index (κ1) is 31.4. The summed E-state index contributed by atoms with van der Waals surface area (Å²) in [6.07, 6.45) is 4.58. The van der Waals surface area contributed by atoms with Gasteiger partial charge in [0.25, 0.3) is 0 Å². The van der Waals surface area contributed by atoms with Crippen molar-refractivity contribution in [2.24, 2.45) is 0 Å². The summed E-state index contributed by atoms with van der Waals surface area (Å²) in [5.41, 5.74) is 5.31. The molecule has 1 unspecified atom stereocenters. The Morgan fingerprint density at radius 2 is 1.50 bits per heavy atom. The molecule has 1 atom stereocenters. The number of unbranched alkanes of at least 4 members (excludes halogenated alkanes) is 1. The second-order valence-electron chi connectivity index (χ2n) is 12.3. The van der Waals surface area contributed by atoms with E-state index in [1.165, 1.54) is 5.56 Å². The summed E-state index contributed by atoms with van der Waals surface area (Å²) in [4.78, 5) is 31.3. The SMILES string of the molecule is C=C1C(CCCCN(C)C)NC(=O)CN(C)Cc2cccc(c2)Nc2cc(ncn2)Nc2cccc(c2)CN2CCN1CC2. The molecule has 10 heteroatoms. The monoisotopic (exact) mass is 597 g/mol. The predicted molar refractivity (Wildman–Crippen MR) is 178 cm³/mol. The lowest BCUT2D eigenvalue weighted by Crippen LogP contribution is -2.50. The minimum atomic E-state index is -0.0717. The molecule has 2 aromatic carbocycles. The molecule has 1 aromatic heterocycles. The number of amides is 1. The molecule has 3 aliphatic heterocycles. The third-order valence-electron chi connectivity index (χ3n) is 8.20. The highest BCUT2D eigenvalue weighted by Crippen LogP contribution is 2.23. The van der Waals surface area contributed by atoms with Crippen LogP contribution in [0.25, 0.3) is 0 Å². The standard InChI is InChI=1S/C34H47N9O/c1-26-31(13-5-6-14-40(2)3)39-34(44)24-41(4)22-27-9-7-11-29(19-27)37-32-21-33(36-25-35-32)38-30-12-8-10-28(20-30)23-42-15-17-43(26)18-16-42/h7-12,19-21,25,31H,1,5-6,13-18,22-24H2,2-4H3,(H,39,44)(H2,35,36,37,38). The van der Waals surface area contributed by atoms with Crippen molar-refractivity contribution >= 4 is 28.9 Å². The maximum Gasteiger partial charge on any atom is 0.234 e. The molecule has 0 spiro atoms. The highest BCUT2D eigenvalue weighted by atomic mass is 16.2. The molecule has 8 bridgehead atoms. The first-order valence-electron chi connectivity index (χ1n) is 15.6. The summed E-state index contributed by atoms with van der Waals surface area (Å²) in [6.45, 7) is 11.1. The Bertz CT molecular complexity index is 1400. The molecule has 44 heavy (non-hydrogen) atoms. The number of fused-ring (bicyclic) bond motifs is 8. The number of nitrogens with zero attached hydrogens (tertiary/aromatic N) is 6. The molecule has 3 aromatic rings. The van der Waals surface area contributed by atoms with Gasteiger partial charge in [0.2, 0.25) is 5.91 Å². The van der Waals surface area contributed by atoms with Crippen LogP contribution in [0.3, 0.4) is 0 Å². The van der Waals surface area contributed by atoms with Gasteiger partial charge in [0.05, 0.1) is 12.6 Å². The van der Waals surface area contributed by atoms with Crippen LogP contribution in [0, 0.1) is 0 Å². The van der Waals surface area contributed by atoms with Crippen molar-refractivity contribution in [2.45, 2.75) is 38.4 Å². The number of aromatic nitrogens is 2. The summed E-state index contributed by atoms with van der Waals surface area (Å²) in [7, 11) is 6.19. The van der Waals surface area contributed by atoms with E-state index in [4.69, 9.17) is 0 Å². The second kappa shape index (κ2) is 15.1. The largest absolute Gasteiger partial charge is 0.371 e. The zero-order valence-corrected chi connectivity index (χ0v) is 26.4. The summed E-state index contributed by atoms with van der Waals surface area (Å²) in [6, 6.07) is 18.6. The lowest BCUT2D eigenvalue weighted by atomic mass is 10.0. The molecule has 10 nitrogen and oxygen atoms in total. The molecule has 3 N–H and O–H groups in total. The van der Waals surface area contributed by atoms with Gasteiger partial charge in [-0.05, 0) is 82.3 Å². The summed E-state index contributed by atoms with van der Waals surface area (Å²) >= 11 is 0. The second-order valence-corrected chi connectivity index (χ2v) is 12.3. The van der Waals surface area contributed by atoms with Gasteiger partial charge in [-0.3, -0.25) is 14.6 Å². The fraction of sp³-hybridized carbons (Fsp3) is 0.441. The molecule has 1 saturated heterocycles. The van der Waals surface area contributed by atoms with Gasteiger partial charge in [-0.2, -0.15) is 0 Å². The van der Waals surface area contributed by atoms with Gasteiger partial charge in [-0.25, -0.2) is 9.97 Å². The van der Waals surface area contributed by atoms with Gasteiger partial charge in [-0.15, -0.1) is 0 Å². The van der Waals surface area contributed by atoms with E-state index in [0.29, 0.717) is 18.9 Å². The van der Waals surface area contributed by atoms with E-state index >= 15 is 0 Å². The number of piperazine rings is 1. The lowest BCUT2D eigenvalue weighted by Gasteiger charge is -2.39. The van der Waals surface area contributed by atoms with Crippen LogP contribution in [0.15, 0.2) is 73.2 Å². The quantitative estimate of drug-likeness (QED) is 0.373. The van der Waals surface area contributed by atoms with Crippen LogP contribution in [-0.2, 0) is 17.9 Å². The zero-order valence-electron chi connectivity index (χ0n) is 26.4. The predicted octanol–water partition coefficient (Wildman–Crippen LogP) is 4.26. The van der Waals surface area contributed by atoms with Crippen molar-refractivity contribution in [1.29, 1.82) is 0 Å². The fourth-order valence-electron chi connectivity index (χ4n) is 5.91. The topological polar surface area (TPSA) is 91.9 Å². The first-order chi connectivity index (χ1) is 21.3. The summed E-state index contributed by atoms with van der Waals surface area (Å²) in [5.74, 6) is 1.46. The Labute approximate surface area is 262 Å². The number of rotatable bonds is 5. The van der Waals surface area contributed by atoms with E-state index < -0.39 is 0 Å². The van der Waals surface area contributed by atoms with Crippen molar-refractivity contribution in [3.05, 3.63) is 84.3 Å². The molecule has 0 saturated carbocycles. The number of carbonyl (C=O) groups is 1. The van der Waals surface area contributed by atoms with Crippen LogP contribution in [0.4, 0.5) is 23.0 Å². The van der Waals surface area contributed by atoms with E-state index in [2.05, 4.69) is 103 Å². The number of nitrogens with one attached hydrogen (secondary N) is 3. The van der Waals surface area contributed by atoms with Gasteiger partial charge < -0.3 is 25.8 Å². The van der Waals surface area contributed by atoms with Gasteiger partial charge in [-0.1, -0.05) is 30.8 Å². The average Bonchev–Trinajstić information content (AvgIpc) is 2.99. The smallest absolute Gasteiger partial charge is 0.234 e. The Kier molecular flexibility index (Phi) is 10.8. The number of likely N-dealkylation sites (N-methyl/N-ethyl adjacent to an activating group) is 1. The summed E-state index contributed by atoms with van der Waals surface area (Å²) in [5, 5.41) is 10.2. The molecule has 0 aliphatic carbocycles. The molecule has 3 aliphatic rings. The Morgan fingerprint density at radius 1 is 0.864 bits per heavy atom. The summed E-state index contributed by atoms with van der Waals surface area (Å²) < 4.78 is 0. The molecule has 4 heterocycles. The van der Waals surface area contributed by atoms with E-state index in [1.807, 2.05) is 25.2 Å². The molecule has 1 fully saturated rings. The minimum absolute atomic E-state index is 0.0264. The maximum atomic E-state index is 13.3. The van der Waals surface area contributed by atoms with E-state index in [9.17, 15) is 4.79 Å². The fourth-order valence-corrected chi connectivity index (χ4v) is 5.91. The third kappa shape index (κ3) is 9.25. The number of benzene rings is 2. The van der Waals surface area contributed by atoms with Crippen LogP contribution in [0.2, 0.25) is 0 Å². The van der Waals surface area contributed by atoms with Crippen molar-refractivity contribution in [2.75, 3.05) is 71.0 Å². The van der Waals surface area contributed by atoms with Crippen molar-refractivity contribution in [3.63, 3.8) is 0 Å². The normalized spacial score (nSPS) is 20.1. The third-order valence-corrected chi connectivity index (χ3v) is 8.20. The molecule has 1 amide bonds. The molecular formula is C34H47N9O. The Hall–Kier alpha value is -3.99. The number of carbonyl (C=O) groups excluding carboxylic acids is 1. The van der Waals surface area contributed by atoms with Gasteiger partial charge in [0.1, 0.15) is 18.0 Å². The van der Waals surface area contributed by atoms with Gasteiger partial charge in [0.15, 0.2) is 0 Å². The van der Waals surface area contributed by atoms with E-state index in [0.717, 1.165) is 87.0 Å². The van der Waals surface area contributed by atoms with Crippen LogP contribution in [0.5, 0.6) is 0 Å². The van der Waals surface area contributed by atoms with Crippen LogP contribution in [0.1, 0.15) is 30.4 Å². The lowest BCUT2D eigenvalue weighted by molar-refractivity contribution is -0.122.